The van der Waals surface area contributed by atoms with Gasteiger partial charge < -0.3 is 84.2 Å². The highest BCUT2D eigenvalue weighted by atomic mass is 16.8. The topological polar surface area (TPSA) is 301 Å². The van der Waals surface area contributed by atoms with Gasteiger partial charge in [0.1, 0.15) is 67.6 Å². The lowest BCUT2D eigenvalue weighted by Gasteiger charge is -2.46. The van der Waals surface area contributed by atoms with E-state index in [1.54, 1.807) is 0 Å². The predicted octanol–water partition coefficient (Wildman–Crippen LogP) is 1.69. The Morgan fingerprint density at radius 1 is 0.571 bits per heavy atom. The number of aliphatic hydroxyl groups is 9. The monoisotopic (exact) mass is 913 g/mol. The summed E-state index contributed by atoms with van der Waals surface area (Å²) < 4.78 is 40.5. The maximum Gasteiger partial charge on any atom is 0.332 e. The van der Waals surface area contributed by atoms with Crippen LogP contribution < -0.4 is 0 Å². The van der Waals surface area contributed by atoms with Crippen molar-refractivity contribution in [3.8, 4) is 0 Å². The van der Waals surface area contributed by atoms with Crippen LogP contribution in [0.25, 0.3) is 0 Å². The zero-order valence-corrected chi connectivity index (χ0v) is 37.4. The molecule has 3 fully saturated rings. The van der Waals surface area contributed by atoms with E-state index in [4.69, 9.17) is 38.3 Å². The van der Waals surface area contributed by atoms with Gasteiger partial charge in [0.05, 0.1) is 25.4 Å². The van der Waals surface area contributed by atoms with E-state index in [2.05, 4.69) is 6.92 Å². The number of rotatable bonds is 32. The van der Waals surface area contributed by atoms with Crippen molar-refractivity contribution in [2.75, 3.05) is 19.8 Å². The van der Waals surface area contributed by atoms with Gasteiger partial charge >= 0.3 is 11.9 Å². The van der Waals surface area contributed by atoms with Gasteiger partial charge in [-0.3, -0.25) is 4.79 Å². The first kappa shape index (κ1) is 55.7. The zero-order chi connectivity index (χ0) is 46.3. The summed E-state index contributed by atoms with van der Waals surface area (Å²) in [7, 11) is 0. The molecular formula is C44H80O19. The summed E-state index contributed by atoms with van der Waals surface area (Å²) in [6, 6.07) is 0. The van der Waals surface area contributed by atoms with Gasteiger partial charge in [0.25, 0.3) is 0 Å². The van der Waals surface area contributed by atoms with Crippen molar-refractivity contribution in [2.45, 2.75) is 247 Å². The molecule has 3 aliphatic heterocycles. The first-order valence-corrected chi connectivity index (χ1v) is 23.5. The molecular weight excluding hydrogens is 832 g/mol. The molecule has 16 unspecified atom stereocenters. The molecule has 0 bridgehead atoms. The number of carbonyl (C=O) groups excluding carboxylic acids is 1. The van der Waals surface area contributed by atoms with Gasteiger partial charge in [-0.05, 0) is 38.5 Å². The fourth-order valence-electron chi connectivity index (χ4n) is 8.16. The third kappa shape index (κ3) is 20.0. The minimum atomic E-state index is -1.86. The smallest absolute Gasteiger partial charge is 0.332 e. The molecule has 370 valence electrons. The lowest BCUT2D eigenvalue weighted by molar-refractivity contribution is -0.380. The van der Waals surface area contributed by atoms with E-state index >= 15 is 0 Å². The van der Waals surface area contributed by atoms with Crippen LogP contribution in [-0.2, 0) is 42.7 Å². The van der Waals surface area contributed by atoms with E-state index in [-0.39, 0.29) is 12.7 Å². The molecule has 0 amide bonds. The lowest BCUT2D eigenvalue weighted by Crippen LogP contribution is -2.64. The van der Waals surface area contributed by atoms with Gasteiger partial charge in [0.15, 0.2) is 25.0 Å². The van der Waals surface area contributed by atoms with E-state index in [1.807, 2.05) is 0 Å². The number of unbranched alkanes of at least 4 members (excludes halogenated alkanes) is 13. The second kappa shape index (κ2) is 30.6. The fourth-order valence-corrected chi connectivity index (χ4v) is 8.16. The van der Waals surface area contributed by atoms with Gasteiger partial charge in [-0.1, -0.05) is 103 Å². The average Bonchev–Trinajstić information content (AvgIpc) is 3.25. The van der Waals surface area contributed by atoms with Crippen LogP contribution in [0.2, 0.25) is 0 Å². The summed E-state index contributed by atoms with van der Waals surface area (Å²) in [6.07, 6.45) is -3.49. The number of hydrogen-bond donors (Lipinski definition) is 10. The van der Waals surface area contributed by atoms with Crippen LogP contribution >= 0.6 is 0 Å². The van der Waals surface area contributed by atoms with Crippen LogP contribution in [-0.4, -0.2) is 181 Å². The molecule has 0 radical (unpaired) electrons. The molecule has 19 heteroatoms. The second-order valence-corrected chi connectivity index (χ2v) is 17.6. The van der Waals surface area contributed by atoms with Crippen molar-refractivity contribution in [3.63, 3.8) is 0 Å². The Bertz CT molecular complexity index is 1230. The molecule has 0 spiro atoms. The molecule has 10 N–H and O–H groups in total. The van der Waals surface area contributed by atoms with E-state index in [0.29, 0.717) is 38.5 Å². The molecule has 3 aliphatic rings. The van der Waals surface area contributed by atoms with Gasteiger partial charge in [0.2, 0.25) is 0 Å². The number of hydrogen-bond acceptors (Lipinski definition) is 18. The largest absolute Gasteiger partial charge is 0.479 e. The molecule has 0 aromatic rings. The Morgan fingerprint density at radius 2 is 1.05 bits per heavy atom. The summed E-state index contributed by atoms with van der Waals surface area (Å²) in [5.41, 5.74) is 0. The molecule has 0 aromatic heterocycles. The number of carboxylic acids is 1. The summed E-state index contributed by atoms with van der Waals surface area (Å²) >= 11 is 0. The van der Waals surface area contributed by atoms with E-state index in [9.17, 15) is 55.5 Å². The Morgan fingerprint density at radius 3 is 1.62 bits per heavy atom. The first-order chi connectivity index (χ1) is 30.1. The number of aliphatic hydroxyl groups excluding tert-OH is 9. The van der Waals surface area contributed by atoms with Crippen LogP contribution in [0.5, 0.6) is 0 Å². The lowest BCUT2D eigenvalue weighted by atomic mass is 9.98. The highest BCUT2D eigenvalue weighted by Gasteiger charge is 2.51. The highest BCUT2D eigenvalue weighted by Crippen LogP contribution is 2.32. The minimum Gasteiger partial charge on any atom is -0.479 e. The van der Waals surface area contributed by atoms with Gasteiger partial charge in [-0.25, -0.2) is 4.79 Å². The molecule has 3 saturated heterocycles. The normalized spacial score (nSPS) is 32.8. The van der Waals surface area contributed by atoms with Crippen LogP contribution in [0.1, 0.15) is 149 Å². The van der Waals surface area contributed by atoms with Crippen LogP contribution in [0.15, 0.2) is 0 Å². The van der Waals surface area contributed by atoms with E-state index in [1.165, 1.54) is 0 Å². The minimum absolute atomic E-state index is 0.268. The standard InChI is InChI=1S/C44H80O19/c1-3-4-5-16-21-29(22-18-20-28(46)19-15-13-11-9-7-6-8-10-12-14-17-23-30(47)41(55)56)60-43-39(34(50)31(48)24-58-43)63-44-40(35(51)32(49)25-59-44)62-42-38(54)37(53)36(52)33(61-42)26-57-27(2)45/h28-40,42-44,46-54H,3-26H2,1-2H3,(H,55,56). The zero-order valence-electron chi connectivity index (χ0n) is 37.4. The highest BCUT2D eigenvalue weighted by molar-refractivity contribution is 5.71. The van der Waals surface area contributed by atoms with Crippen molar-refractivity contribution in [1.82, 2.24) is 0 Å². The molecule has 3 heterocycles. The summed E-state index contributed by atoms with van der Waals surface area (Å²) in [4.78, 5) is 22.1. The fraction of sp³-hybridized carbons (Fsp3) is 0.955. The van der Waals surface area contributed by atoms with E-state index < -0.39 is 117 Å². The Kier molecular flexibility index (Phi) is 27.0. The summed E-state index contributed by atoms with van der Waals surface area (Å²) in [6.45, 7) is 2.06. The summed E-state index contributed by atoms with van der Waals surface area (Å²) in [5.74, 6) is -1.85. The average molecular weight is 913 g/mol. The SMILES string of the molecule is CCCCCCC(CCCC(O)CCCCCCCCCCCCCC(O)C(=O)O)OC1OCC(O)C(O)C1OC1OCC(O)C(O)C1OC1OC(COC(C)=O)C(O)C(O)C1O. The Balaban J connectivity index is 1.50. The number of esters is 1. The quantitative estimate of drug-likeness (QED) is 0.0339. The van der Waals surface area contributed by atoms with Crippen LogP contribution in [0, 0.1) is 0 Å². The van der Waals surface area contributed by atoms with Crippen molar-refractivity contribution < 1.29 is 93.8 Å². The number of ether oxygens (including phenoxy) is 7. The third-order valence-electron chi connectivity index (χ3n) is 12.1. The molecule has 63 heavy (non-hydrogen) atoms. The van der Waals surface area contributed by atoms with Gasteiger partial charge in [-0.2, -0.15) is 0 Å². The van der Waals surface area contributed by atoms with Gasteiger partial charge in [-0.15, -0.1) is 0 Å². The molecule has 0 aliphatic carbocycles. The maximum absolute atomic E-state index is 11.4. The van der Waals surface area contributed by atoms with Crippen LogP contribution in [0.4, 0.5) is 0 Å². The van der Waals surface area contributed by atoms with Crippen LogP contribution in [0.3, 0.4) is 0 Å². The van der Waals surface area contributed by atoms with Crippen molar-refractivity contribution >= 4 is 11.9 Å². The van der Waals surface area contributed by atoms with Crippen molar-refractivity contribution in [1.29, 1.82) is 0 Å². The first-order valence-electron chi connectivity index (χ1n) is 23.5. The molecule has 3 rings (SSSR count). The predicted molar refractivity (Wildman–Crippen MR) is 224 cm³/mol. The molecule has 16 atom stereocenters. The van der Waals surface area contributed by atoms with Crippen molar-refractivity contribution in [2.24, 2.45) is 0 Å². The number of carbonyl (C=O) groups is 2. The van der Waals surface area contributed by atoms with Crippen molar-refractivity contribution in [3.05, 3.63) is 0 Å². The Hall–Kier alpha value is -1.66. The second-order valence-electron chi connectivity index (χ2n) is 17.6. The number of carboxylic acid groups (broad SMARTS) is 1. The van der Waals surface area contributed by atoms with Gasteiger partial charge in [0, 0.05) is 6.92 Å². The van der Waals surface area contributed by atoms with E-state index in [0.717, 1.165) is 103 Å². The summed E-state index contributed by atoms with van der Waals surface area (Å²) in [5, 5.41) is 104. The number of aliphatic carboxylic acids is 1. The molecule has 19 nitrogen and oxygen atoms in total. The third-order valence-corrected chi connectivity index (χ3v) is 12.1. The maximum atomic E-state index is 11.4. The Labute approximate surface area is 371 Å². The molecule has 0 saturated carbocycles. The molecule has 0 aromatic carbocycles.